The predicted octanol–water partition coefficient (Wildman–Crippen LogP) is -7.12. The van der Waals surface area contributed by atoms with Gasteiger partial charge in [-0.25, -0.2) is 0 Å². The fraction of sp³-hybridized carbons (Fsp3) is 0.621. The Morgan fingerprint density at radius 1 is 0.452 bits per heavy atom. The molecule has 1 aromatic carbocycles. The van der Waals surface area contributed by atoms with Crippen LogP contribution in [-0.2, 0) is 83.1 Å². The average Bonchev–Trinajstić information content (AvgIpc) is 1.81. The second kappa shape index (κ2) is 36.5. The molecule has 14 amide bonds. The van der Waals surface area contributed by atoms with Gasteiger partial charge in [0.2, 0.25) is 82.7 Å². The van der Waals surface area contributed by atoms with E-state index in [4.69, 9.17) is 10.8 Å². The van der Waals surface area contributed by atoms with Crippen molar-refractivity contribution in [1.29, 1.82) is 0 Å². The molecule has 35 heteroatoms. The predicted molar refractivity (Wildman–Crippen MR) is 323 cm³/mol. The minimum absolute atomic E-state index is 0.0547. The molecule has 0 bridgehead atoms. The summed E-state index contributed by atoms with van der Waals surface area (Å²) in [7, 11) is 0. The van der Waals surface area contributed by atoms with Crippen molar-refractivity contribution in [3.63, 3.8) is 0 Å². The van der Waals surface area contributed by atoms with E-state index < -0.39 is 213 Å². The lowest BCUT2D eigenvalue weighted by molar-refractivity contribution is -0.143. The van der Waals surface area contributed by atoms with Crippen molar-refractivity contribution in [2.45, 2.75) is 147 Å². The summed E-state index contributed by atoms with van der Waals surface area (Å²) in [6.45, 7) is 5.01. The molecule has 3 heterocycles. The van der Waals surface area contributed by atoms with Crippen LogP contribution in [0.2, 0.25) is 0 Å². The van der Waals surface area contributed by atoms with Crippen LogP contribution in [0.5, 0.6) is 5.75 Å². The third-order valence-corrected chi connectivity index (χ3v) is 15.4. The molecule has 9 atom stereocenters. The molecule has 0 saturated carbocycles. The number of carboxylic acid groups (broad SMARTS) is 2. The number of rotatable bonds is 34. The third-order valence-electron chi connectivity index (χ3n) is 15.4. The summed E-state index contributed by atoms with van der Waals surface area (Å²) >= 11 is 0. The van der Waals surface area contributed by atoms with Gasteiger partial charge in [-0.2, -0.15) is 0 Å². The zero-order valence-electron chi connectivity index (χ0n) is 52.7. The first-order valence-electron chi connectivity index (χ1n) is 30.5. The Balaban J connectivity index is 1.23. The fourth-order valence-electron chi connectivity index (χ4n) is 10.3. The molecule has 3 aliphatic rings. The first-order valence-corrected chi connectivity index (χ1v) is 30.5. The Morgan fingerprint density at radius 2 is 0.796 bits per heavy atom. The van der Waals surface area contributed by atoms with Gasteiger partial charge < -0.3 is 99.3 Å². The van der Waals surface area contributed by atoms with Crippen molar-refractivity contribution in [3.8, 4) is 5.75 Å². The monoisotopic (exact) mass is 1310 g/mol. The van der Waals surface area contributed by atoms with Gasteiger partial charge in [-0.3, -0.25) is 76.7 Å². The van der Waals surface area contributed by atoms with Crippen LogP contribution in [0, 0.1) is 17.8 Å². The van der Waals surface area contributed by atoms with Gasteiger partial charge in [-0.15, -0.1) is 0 Å². The van der Waals surface area contributed by atoms with Gasteiger partial charge in [-0.05, 0) is 74.0 Å². The van der Waals surface area contributed by atoms with E-state index >= 15 is 0 Å². The number of carbonyl (C=O) groups is 16. The molecular formula is C58H87N15O20. The fourth-order valence-corrected chi connectivity index (χ4v) is 10.3. The van der Waals surface area contributed by atoms with Crippen molar-refractivity contribution >= 4 is 94.6 Å². The standard InChI is InChI=1S/C58H87N15O20/c1-29(2)47(59)56(91)71-17-7-10-37(71)53(88)62-23-41(77)67-35(21-45(81)82)51(86)60-25-43(79)69-48(30(3)4)57(92)73-19-9-12-39(73)55(90)64-24-42(78)68-36(28-74)52(87)61-26-44(80)70-49(31(5)6)58(93)72-18-8-11-38(72)54(89)63-22-40(76)66-34(50(85)65-27-46(83)84)20-32-13-15-33(75)16-14-32/h13-16,29-31,34-39,47-49,74-75H,7-12,17-28,59H2,1-6H3,(H,60,86)(H,61,87)(H,62,88)(H,63,89)(H,64,90)(H,65,85)(H,66,76)(H,67,77)(H,68,78)(H,69,79)(H,70,80)(H,81,82)(H,83,84)/t34-,35-,36-,37-,38-,39-,47-,48-,49-/m0/s1. The summed E-state index contributed by atoms with van der Waals surface area (Å²) in [5.41, 5.74) is 6.51. The highest BCUT2D eigenvalue weighted by molar-refractivity contribution is 5.99. The molecule has 1 aromatic rings. The van der Waals surface area contributed by atoms with Gasteiger partial charge in [0.1, 0.15) is 60.6 Å². The molecule has 4 rings (SSSR count). The number of phenolic OH excluding ortho intramolecular Hbond substituents is 1. The number of carbonyl (C=O) groups excluding carboxylic acids is 14. The lowest BCUT2D eigenvalue weighted by Crippen LogP contribution is -2.58. The summed E-state index contributed by atoms with van der Waals surface area (Å²) in [6, 6.07) is -5.42. The third kappa shape index (κ3) is 23.6. The van der Waals surface area contributed by atoms with Crippen molar-refractivity contribution < 1.29 is 97.1 Å². The van der Waals surface area contributed by atoms with Gasteiger partial charge in [0, 0.05) is 26.1 Å². The molecule has 35 nitrogen and oxygen atoms in total. The van der Waals surface area contributed by atoms with E-state index in [1.54, 1.807) is 41.5 Å². The first-order chi connectivity index (χ1) is 43.8. The minimum atomic E-state index is -1.72. The second-order valence-electron chi connectivity index (χ2n) is 23.6. The summed E-state index contributed by atoms with van der Waals surface area (Å²) in [6.07, 6.45) is 0.824. The number of nitrogens with zero attached hydrogens (tertiary/aromatic N) is 3. The zero-order chi connectivity index (χ0) is 69.4. The van der Waals surface area contributed by atoms with Crippen LogP contribution < -0.4 is 64.2 Å². The van der Waals surface area contributed by atoms with Gasteiger partial charge >= 0.3 is 11.9 Å². The van der Waals surface area contributed by atoms with E-state index in [1.807, 2.05) is 0 Å². The lowest BCUT2D eigenvalue weighted by Gasteiger charge is -2.30. The minimum Gasteiger partial charge on any atom is -0.508 e. The first kappa shape index (κ1) is 75.9. The molecule has 0 aliphatic carbocycles. The Morgan fingerprint density at radius 3 is 1.17 bits per heavy atom. The largest absolute Gasteiger partial charge is 0.508 e. The number of nitrogens with two attached hydrogens (primary N) is 1. The average molecular weight is 1310 g/mol. The van der Waals surface area contributed by atoms with E-state index in [0.717, 1.165) is 0 Å². The number of aromatic hydroxyl groups is 1. The molecule has 0 unspecified atom stereocenters. The van der Waals surface area contributed by atoms with Gasteiger partial charge in [-0.1, -0.05) is 53.7 Å². The molecule has 514 valence electrons. The van der Waals surface area contributed by atoms with Crippen LogP contribution in [0.3, 0.4) is 0 Å². The summed E-state index contributed by atoms with van der Waals surface area (Å²) in [4.78, 5) is 211. The number of carboxylic acids is 2. The molecule has 93 heavy (non-hydrogen) atoms. The van der Waals surface area contributed by atoms with Crippen LogP contribution in [0.25, 0.3) is 0 Å². The Bertz CT molecular complexity index is 2930. The quantitative estimate of drug-likeness (QED) is 0.0305. The second-order valence-corrected chi connectivity index (χ2v) is 23.6. The van der Waals surface area contributed by atoms with Gasteiger partial charge in [0.25, 0.3) is 0 Å². The maximum atomic E-state index is 13.9. The zero-order valence-corrected chi connectivity index (χ0v) is 52.7. The number of aliphatic carboxylic acids is 2. The number of phenols is 1. The van der Waals surface area contributed by atoms with Crippen molar-refractivity contribution in [2.75, 3.05) is 65.5 Å². The highest BCUT2D eigenvalue weighted by Crippen LogP contribution is 2.23. The highest BCUT2D eigenvalue weighted by Gasteiger charge is 2.42. The lowest BCUT2D eigenvalue weighted by atomic mass is 10.0. The van der Waals surface area contributed by atoms with Crippen LogP contribution >= 0.6 is 0 Å². The van der Waals surface area contributed by atoms with Crippen LogP contribution in [0.1, 0.15) is 92.1 Å². The topological polar surface area (TPSA) is 522 Å². The molecule has 3 saturated heterocycles. The smallest absolute Gasteiger partial charge is 0.322 e. The van der Waals surface area contributed by atoms with E-state index in [9.17, 15) is 92.0 Å². The number of aliphatic hydroxyl groups is 1. The van der Waals surface area contributed by atoms with Crippen LogP contribution in [0.15, 0.2) is 24.3 Å². The molecule has 0 aromatic heterocycles. The summed E-state index contributed by atoms with van der Waals surface area (Å²) in [5.74, 6) is -15.7. The Hall–Kier alpha value is -9.54. The van der Waals surface area contributed by atoms with E-state index in [0.29, 0.717) is 31.2 Å². The molecule has 0 radical (unpaired) electrons. The number of aliphatic hydroxyl groups excluding tert-OH is 1. The van der Waals surface area contributed by atoms with Gasteiger partial charge in [0.05, 0.1) is 51.8 Å². The maximum Gasteiger partial charge on any atom is 0.322 e. The Labute approximate surface area is 535 Å². The number of hydrogen-bond acceptors (Lipinski definition) is 19. The number of benzene rings is 1. The number of amides is 14. The van der Waals surface area contributed by atoms with Crippen molar-refractivity contribution in [1.82, 2.24) is 73.2 Å². The Kier molecular flexibility index (Phi) is 29.8. The van der Waals surface area contributed by atoms with E-state index in [-0.39, 0.29) is 50.6 Å². The van der Waals surface area contributed by atoms with Crippen LogP contribution in [-0.4, -0.2) is 250 Å². The molecule has 0 spiro atoms. The highest BCUT2D eigenvalue weighted by atomic mass is 16.4. The van der Waals surface area contributed by atoms with Crippen molar-refractivity contribution in [2.24, 2.45) is 23.5 Å². The summed E-state index contributed by atoms with van der Waals surface area (Å²) < 4.78 is 0. The molecular weight excluding hydrogens is 1230 g/mol. The van der Waals surface area contributed by atoms with Crippen molar-refractivity contribution in [3.05, 3.63) is 29.8 Å². The normalized spacial score (nSPS) is 17.9. The van der Waals surface area contributed by atoms with Gasteiger partial charge in [0.15, 0.2) is 0 Å². The molecule has 3 aliphatic heterocycles. The van der Waals surface area contributed by atoms with Crippen LogP contribution in [0.4, 0.5) is 0 Å². The maximum absolute atomic E-state index is 13.9. The van der Waals surface area contributed by atoms with E-state index in [2.05, 4.69) is 58.5 Å². The summed E-state index contributed by atoms with van der Waals surface area (Å²) in [5, 5.41) is 63.9. The number of likely N-dealkylation sites (tertiary alicyclic amines) is 3. The van der Waals surface area contributed by atoms with E-state index in [1.165, 1.54) is 39.0 Å². The number of nitrogens with one attached hydrogen (secondary N) is 11. The molecule has 17 N–H and O–H groups in total. The SMILES string of the molecule is CC(C)[C@H](N)C(=O)N1CCC[C@H]1C(=O)NCC(=O)N[C@@H](CC(=O)O)C(=O)NCC(=O)N[C@H](C(=O)N1CCC[C@H]1C(=O)NCC(=O)N[C@@H](CO)C(=O)NCC(=O)N[C@H](C(=O)N1CCC[C@H]1C(=O)NCC(=O)N[C@@H](Cc1ccc(O)cc1)C(=O)NCC(=O)O)C(C)C)C(C)C. The number of hydrogen-bond donors (Lipinski definition) is 16. The molecule has 3 fully saturated rings.